The number of alkyl halides is 3. The van der Waals surface area contributed by atoms with Crippen LogP contribution >= 0.6 is 22.7 Å². The second-order valence-corrected chi connectivity index (χ2v) is 18.3. The molecule has 0 saturated carbocycles. The topological polar surface area (TPSA) is 410 Å². The lowest BCUT2D eigenvalue weighted by atomic mass is 9.74. The van der Waals surface area contributed by atoms with E-state index in [4.69, 9.17) is 47.6 Å². The van der Waals surface area contributed by atoms with Crippen LogP contribution in [0.5, 0.6) is 0 Å². The van der Waals surface area contributed by atoms with Gasteiger partial charge >= 0.3 is 44.9 Å². The van der Waals surface area contributed by atoms with Gasteiger partial charge in [0.1, 0.15) is 17.0 Å². The number of hydrogen-bond acceptors (Lipinski definition) is 24. The van der Waals surface area contributed by atoms with Crippen LogP contribution in [0.25, 0.3) is 0 Å². The molecule has 28 nitrogen and oxygen atoms in total. The summed E-state index contributed by atoms with van der Waals surface area (Å²) in [6.45, 7) is -0.728. The molecule has 2 saturated heterocycles. The summed E-state index contributed by atoms with van der Waals surface area (Å²) in [6.07, 6.45) is -6.63. The molecular weight excluding hydrogens is 1010 g/mol. The SMILES string of the molecule is O=C(O)C(F)(F)F.[2H]C([2H])([2H])[C@]1(C)[C@H](CC(=O)/C(=N\OCC(=O)O)c2csc(N)n2)C(=O)N1OS(=O)(=O)O.[2H]C([2H])([2H])[C@]1(C)[C@H](CC(=O)/C(=N\OCC(=O)OC(C)(C)C)c2csc(NC)n2)C(=O)N1OS(=O)(=O)O. The van der Waals surface area contributed by atoms with E-state index >= 15 is 0 Å². The summed E-state index contributed by atoms with van der Waals surface area (Å²) in [6, 6.07) is 0. The third-order valence-electron chi connectivity index (χ3n) is 7.91. The van der Waals surface area contributed by atoms with Crippen molar-refractivity contribution in [3.05, 3.63) is 22.1 Å². The Labute approximate surface area is 399 Å². The largest absolute Gasteiger partial charge is 0.490 e. The highest BCUT2D eigenvalue weighted by Gasteiger charge is 2.59. The second-order valence-electron chi connectivity index (χ2n) is 14.5. The van der Waals surface area contributed by atoms with Crippen LogP contribution < -0.4 is 11.1 Å². The molecule has 4 rings (SSSR count). The average molecular weight is 1060 g/mol. The Bertz CT molecular complexity index is 2770. The molecule has 0 unspecified atom stereocenters. The number of hydrogen-bond donors (Lipinski definition) is 6. The molecule has 2 aromatic rings. The van der Waals surface area contributed by atoms with E-state index in [1.54, 1.807) is 27.8 Å². The Morgan fingerprint density at radius 3 is 1.57 bits per heavy atom. The Morgan fingerprint density at radius 2 is 1.25 bits per heavy atom. The molecule has 7 N–H and O–H groups in total. The van der Waals surface area contributed by atoms with Gasteiger partial charge in [0.2, 0.25) is 13.2 Å². The van der Waals surface area contributed by atoms with E-state index < -0.39 is 148 Å². The van der Waals surface area contributed by atoms with Crippen molar-refractivity contribution in [3.63, 3.8) is 0 Å². The number of carboxylic acid groups (broad SMARTS) is 2. The van der Waals surface area contributed by atoms with Crippen molar-refractivity contribution >= 4 is 106 Å². The van der Waals surface area contributed by atoms with E-state index in [0.29, 0.717) is 5.13 Å². The van der Waals surface area contributed by atoms with E-state index in [2.05, 4.69) is 39.0 Å². The third kappa shape index (κ3) is 17.0. The number of carboxylic acids is 2. The zero-order valence-corrected chi connectivity index (χ0v) is 38.8. The standard InChI is InChI=1S/C18H26N4O9S2.C13H16N4O9S2.C2HF3O2/c1-17(2,3)30-13(24)8-29-21-14(11-9-32-16(19-6)20-11)12(23)7-10-15(25)22(18(10,4)5)31-33(26,27)28;1-13(2)6(11(21)17(13)26-28(22,23)24)3-8(18)10(16-25-4-9(19)20)7-5-27-12(14)15-7;3-2(4,5)1(6)7/h9-10H,7-8H2,1-6H3,(H,19,20)(H,26,27,28);5-6H,3-4H2,1-2H3,(H2,14,15)(H,19,20)(H,22,23,24);(H,6,7)/b21-14-;16-10-;/t10-;6-;/m11./s1/i4D3;1D3;/t10-,18+;6-,13+;. The molecule has 4 atom stereocenters. The molecule has 4 heterocycles. The molecule has 0 radical (unpaired) electrons. The summed E-state index contributed by atoms with van der Waals surface area (Å²) >= 11 is 2.03. The van der Waals surface area contributed by atoms with Crippen molar-refractivity contribution < 1.29 is 114 Å². The maximum atomic E-state index is 13.2. The molecule has 0 bridgehead atoms. The number of amides is 2. The van der Waals surface area contributed by atoms with Crippen LogP contribution in [0.15, 0.2) is 21.1 Å². The maximum absolute atomic E-state index is 13.2. The first kappa shape index (κ1) is 48.5. The van der Waals surface area contributed by atoms with Gasteiger partial charge in [0, 0.05) is 38.9 Å². The number of ether oxygens (including phenoxy) is 1. The van der Waals surface area contributed by atoms with Crippen LogP contribution in [0.3, 0.4) is 0 Å². The molecule has 35 heteroatoms. The molecule has 380 valence electrons. The zero-order valence-electron chi connectivity index (χ0n) is 41.5. The second kappa shape index (κ2) is 22.4. The smallest absolute Gasteiger partial charge is 0.479 e. The van der Waals surface area contributed by atoms with Gasteiger partial charge in [-0.1, -0.05) is 10.3 Å². The highest BCUT2D eigenvalue weighted by Crippen LogP contribution is 2.42. The van der Waals surface area contributed by atoms with Gasteiger partial charge in [-0.15, -0.1) is 31.2 Å². The number of β-lactam (4-membered cyclic amide) rings is 2. The predicted octanol–water partition coefficient (Wildman–Crippen LogP) is 1.27. The van der Waals surface area contributed by atoms with Crippen LogP contribution in [0.2, 0.25) is 0 Å². The Balaban J connectivity index is 0.000000452. The first-order valence-corrected chi connectivity index (χ1v) is 22.4. The van der Waals surface area contributed by atoms with Gasteiger partial charge in [-0.05, 0) is 48.3 Å². The highest BCUT2D eigenvalue weighted by molar-refractivity contribution is 7.81. The summed E-state index contributed by atoms with van der Waals surface area (Å²) in [4.78, 5) is 99.7. The number of Topliss-reactive ketones (excluding diaryl/α,β-unsaturated/α-hetero) is 2. The summed E-state index contributed by atoms with van der Waals surface area (Å²) < 4.78 is 153. The minimum atomic E-state index is -5.23. The van der Waals surface area contributed by atoms with Crippen LogP contribution in [0.4, 0.5) is 23.4 Å². The van der Waals surface area contributed by atoms with Gasteiger partial charge in [-0.2, -0.15) is 40.1 Å². The number of halogens is 3. The Morgan fingerprint density at radius 1 is 0.838 bits per heavy atom. The first-order valence-electron chi connectivity index (χ1n) is 20.9. The number of nitrogens with zero attached hydrogens (tertiary/aromatic N) is 6. The van der Waals surface area contributed by atoms with Crippen LogP contribution in [-0.2, 0) is 77.3 Å². The fraction of sp³-hybridized carbons (Fsp3) is 0.545. The van der Waals surface area contributed by atoms with E-state index in [1.165, 1.54) is 10.8 Å². The fourth-order valence-electron chi connectivity index (χ4n) is 4.97. The van der Waals surface area contributed by atoms with E-state index in [9.17, 15) is 58.8 Å². The van der Waals surface area contributed by atoms with Crippen molar-refractivity contribution in [1.82, 2.24) is 20.1 Å². The summed E-state index contributed by atoms with van der Waals surface area (Å²) in [7, 11) is -8.87. The maximum Gasteiger partial charge on any atom is 0.490 e. The summed E-state index contributed by atoms with van der Waals surface area (Å²) in [5.41, 5.74) is -0.890. The van der Waals surface area contributed by atoms with Gasteiger partial charge < -0.3 is 35.7 Å². The molecule has 2 aliphatic heterocycles. The lowest BCUT2D eigenvalue weighted by Gasteiger charge is -2.50. The van der Waals surface area contributed by atoms with Crippen molar-refractivity contribution in [2.45, 2.75) is 84.0 Å². The van der Waals surface area contributed by atoms with Gasteiger partial charge in [0.15, 0.2) is 33.3 Å². The van der Waals surface area contributed by atoms with Crippen molar-refractivity contribution in [1.29, 1.82) is 0 Å². The van der Waals surface area contributed by atoms with Gasteiger partial charge in [0.05, 0.1) is 22.9 Å². The van der Waals surface area contributed by atoms with Gasteiger partial charge in [-0.3, -0.25) is 28.3 Å². The number of hydroxylamine groups is 4. The Kier molecular flexibility index (Phi) is 16.0. The number of carbonyl (C=O) groups excluding carboxylic acids is 5. The molecule has 2 amide bonds. The quantitative estimate of drug-likeness (QED) is 0.0379. The van der Waals surface area contributed by atoms with Crippen molar-refractivity contribution in [2.24, 2.45) is 22.1 Å². The highest BCUT2D eigenvalue weighted by atomic mass is 32.3. The number of nitrogen functional groups attached to an aromatic ring is 1. The molecule has 0 aromatic carbocycles. The lowest BCUT2D eigenvalue weighted by molar-refractivity contribution is -0.228. The number of oxime groups is 2. The molecule has 2 aliphatic rings. The van der Waals surface area contributed by atoms with Gasteiger partial charge in [-0.25, -0.2) is 24.4 Å². The van der Waals surface area contributed by atoms with Crippen LogP contribution in [0.1, 0.15) is 80.8 Å². The van der Waals surface area contributed by atoms with E-state index in [-0.39, 0.29) is 26.6 Å². The van der Waals surface area contributed by atoms with Gasteiger partial charge in [0.25, 0.3) is 11.8 Å². The first-order chi connectivity index (χ1) is 33.3. The number of rotatable bonds is 19. The lowest BCUT2D eigenvalue weighted by Crippen LogP contribution is -2.68. The molecule has 0 spiro atoms. The zero-order chi connectivity index (χ0) is 57.5. The molecular formula is C33H43F3N8O20S4. The number of nitrogens with one attached hydrogen (secondary N) is 1. The van der Waals surface area contributed by atoms with Crippen LogP contribution in [0, 0.1) is 11.8 Å². The monoisotopic (exact) mass is 1060 g/mol. The van der Waals surface area contributed by atoms with Crippen molar-refractivity contribution in [2.75, 3.05) is 31.3 Å². The minimum absolute atomic E-state index is 0.00501. The van der Waals surface area contributed by atoms with E-state index in [0.717, 1.165) is 36.5 Å². The molecule has 2 aromatic heterocycles. The van der Waals surface area contributed by atoms with Crippen LogP contribution in [-0.4, -0.2) is 152 Å². The number of aromatic nitrogens is 2. The van der Waals surface area contributed by atoms with Crippen molar-refractivity contribution in [3.8, 4) is 0 Å². The third-order valence-corrected chi connectivity index (χ3v) is 10.1. The number of carbonyl (C=O) groups is 7. The average Bonchev–Trinajstić information content (AvgIpc) is 3.89. The summed E-state index contributed by atoms with van der Waals surface area (Å²) in [5, 5.41) is 28.8. The number of thiazole rings is 2. The molecule has 0 aliphatic carbocycles. The number of aliphatic carboxylic acids is 2. The minimum Gasteiger partial charge on any atom is -0.479 e. The number of esters is 1. The summed E-state index contributed by atoms with van der Waals surface area (Å²) in [5.74, 6) is -12.3. The normalized spacial score (nSPS) is 22.6. The Hall–Kier alpha value is -5.98. The number of anilines is 2. The number of ketones is 2. The van der Waals surface area contributed by atoms with E-state index in [1.807, 2.05) is 0 Å². The molecule has 2 fully saturated rings. The molecule has 68 heavy (non-hydrogen) atoms. The number of nitrogens with two attached hydrogens (primary N) is 1. The fourth-order valence-corrected chi connectivity index (χ4v) is 7.01. The predicted molar refractivity (Wildman–Crippen MR) is 224 cm³/mol.